The third-order valence-electron chi connectivity index (χ3n) is 3.99. The van der Waals surface area contributed by atoms with Crippen molar-refractivity contribution in [1.82, 2.24) is 0 Å². The second kappa shape index (κ2) is 7.23. The monoisotopic (exact) mass is 297 g/mol. The maximum Gasteiger partial charge on any atom is 0.0804 e. The van der Waals surface area contributed by atoms with Crippen LogP contribution in [0.25, 0.3) is 0 Å². The fourth-order valence-electron chi connectivity index (χ4n) is 2.36. The van der Waals surface area contributed by atoms with Gasteiger partial charge in [-0.05, 0) is 32.4 Å². The van der Waals surface area contributed by atoms with Gasteiger partial charge in [0.05, 0.1) is 20.6 Å². The summed E-state index contributed by atoms with van der Waals surface area (Å²) in [4.78, 5) is 0.700. The van der Waals surface area contributed by atoms with Crippen molar-refractivity contribution in [2.24, 2.45) is 4.36 Å². The van der Waals surface area contributed by atoms with E-state index >= 15 is 0 Å². The van der Waals surface area contributed by atoms with Gasteiger partial charge in [-0.2, -0.15) is 0 Å². The van der Waals surface area contributed by atoms with Crippen molar-refractivity contribution >= 4 is 9.73 Å². The van der Waals surface area contributed by atoms with Crippen molar-refractivity contribution in [1.29, 1.82) is 0 Å². The quantitative estimate of drug-likeness (QED) is 0.777. The summed E-state index contributed by atoms with van der Waals surface area (Å²) in [5.41, 5.74) is -0.971. The Bertz CT molecular complexity index is 517. The third kappa shape index (κ3) is 3.83. The van der Waals surface area contributed by atoms with Gasteiger partial charge in [-0.15, -0.1) is 0 Å². The first-order chi connectivity index (χ1) is 9.38. The molecule has 3 atom stereocenters. The van der Waals surface area contributed by atoms with Crippen LogP contribution < -0.4 is 0 Å². The summed E-state index contributed by atoms with van der Waals surface area (Å²) in [6.07, 6.45) is 3.79. The van der Waals surface area contributed by atoms with Crippen LogP contribution in [0, 0.1) is 0 Å². The number of rotatable bonds is 7. The van der Waals surface area contributed by atoms with Gasteiger partial charge in [0.2, 0.25) is 0 Å². The average Bonchev–Trinajstić information content (AvgIpc) is 2.46. The highest BCUT2D eigenvalue weighted by atomic mass is 32.2. The molecule has 0 spiro atoms. The van der Waals surface area contributed by atoms with E-state index in [-0.39, 0.29) is 0 Å². The summed E-state index contributed by atoms with van der Waals surface area (Å²) in [5.74, 6) is 0. The number of aliphatic hydroxyl groups is 1. The van der Waals surface area contributed by atoms with Crippen molar-refractivity contribution in [2.45, 2.75) is 62.2 Å². The minimum Gasteiger partial charge on any atom is -0.389 e. The van der Waals surface area contributed by atoms with Crippen molar-refractivity contribution in [3.05, 3.63) is 30.3 Å². The second-order valence-electron chi connectivity index (χ2n) is 5.52. The molecule has 3 unspecified atom stereocenters. The summed E-state index contributed by atoms with van der Waals surface area (Å²) in [7, 11) is -1.03. The van der Waals surface area contributed by atoms with Gasteiger partial charge in [-0.3, -0.25) is 0 Å². The van der Waals surface area contributed by atoms with Crippen molar-refractivity contribution in [3.8, 4) is 0 Å². The van der Waals surface area contributed by atoms with Gasteiger partial charge in [-0.25, -0.2) is 8.57 Å². The Morgan fingerprint density at radius 3 is 2.40 bits per heavy atom. The van der Waals surface area contributed by atoms with Gasteiger partial charge in [0.15, 0.2) is 0 Å². The van der Waals surface area contributed by atoms with E-state index in [1.807, 2.05) is 37.3 Å². The van der Waals surface area contributed by atoms with Gasteiger partial charge in [0, 0.05) is 11.9 Å². The van der Waals surface area contributed by atoms with Crippen molar-refractivity contribution in [2.75, 3.05) is 7.05 Å². The molecule has 3 nitrogen and oxygen atoms in total. The van der Waals surface area contributed by atoms with Crippen LogP contribution in [0.1, 0.15) is 46.5 Å². The molecule has 0 aliphatic rings. The largest absolute Gasteiger partial charge is 0.389 e. The Hall–Kier alpha value is -0.870. The lowest BCUT2D eigenvalue weighted by Gasteiger charge is -2.32. The van der Waals surface area contributed by atoms with E-state index in [0.29, 0.717) is 11.3 Å². The van der Waals surface area contributed by atoms with Crippen molar-refractivity contribution in [3.63, 3.8) is 0 Å². The summed E-state index contributed by atoms with van der Waals surface area (Å²) in [6, 6.07) is 9.27. The highest BCUT2D eigenvalue weighted by molar-refractivity contribution is 7.94. The molecule has 0 radical (unpaired) electrons. The molecule has 20 heavy (non-hydrogen) atoms. The minimum absolute atomic E-state index is 0.403. The molecule has 0 aromatic heterocycles. The lowest BCUT2D eigenvalue weighted by molar-refractivity contribution is 0.0484. The lowest BCUT2D eigenvalue weighted by atomic mass is 9.95. The molecule has 4 heteroatoms. The van der Waals surface area contributed by atoms with E-state index in [9.17, 15) is 9.32 Å². The smallest absolute Gasteiger partial charge is 0.0804 e. The number of hydrogen-bond acceptors (Lipinski definition) is 3. The molecule has 0 bridgehead atoms. The van der Waals surface area contributed by atoms with Crippen LogP contribution in [0.2, 0.25) is 0 Å². The van der Waals surface area contributed by atoms with Crippen LogP contribution in [0.3, 0.4) is 0 Å². The minimum atomic E-state index is -2.60. The van der Waals surface area contributed by atoms with Crippen LogP contribution in [-0.2, 0) is 9.73 Å². The molecule has 1 N–H and O–H groups in total. The Kier molecular flexibility index (Phi) is 6.21. The lowest BCUT2D eigenvalue weighted by Crippen LogP contribution is -2.42. The number of unbranched alkanes of at least 4 members (excludes halogenated alkanes) is 2. The fraction of sp³-hybridized carbons (Fsp3) is 0.625. The van der Waals surface area contributed by atoms with E-state index in [1.54, 1.807) is 14.0 Å². The predicted octanol–water partition coefficient (Wildman–Crippen LogP) is 3.86. The van der Waals surface area contributed by atoms with Crippen molar-refractivity contribution < 1.29 is 9.32 Å². The number of nitrogens with zero attached hydrogens (tertiary/aromatic N) is 1. The molecule has 0 saturated heterocycles. The van der Waals surface area contributed by atoms with E-state index in [1.165, 1.54) is 0 Å². The summed E-state index contributed by atoms with van der Waals surface area (Å²) in [6.45, 7) is 5.75. The van der Waals surface area contributed by atoms with Crippen LogP contribution in [-0.4, -0.2) is 27.2 Å². The van der Waals surface area contributed by atoms with Gasteiger partial charge < -0.3 is 5.11 Å². The summed E-state index contributed by atoms with van der Waals surface area (Å²) < 4.78 is 17.4. The third-order valence-corrected chi connectivity index (χ3v) is 6.95. The molecule has 1 aromatic carbocycles. The zero-order chi connectivity index (χ0) is 15.2. The predicted molar refractivity (Wildman–Crippen MR) is 85.4 cm³/mol. The Balaban J connectivity index is 3.04. The normalized spacial score (nSPS) is 18.9. The van der Waals surface area contributed by atoms with Crippen LogP contribution in [0.4, 0.5) is 0 Å². The average molecular weight is 297 g/mol. The van der Waals surface area contributed by atoms with Crippen LogP contribution >= 0.6 is 0 Å². The molecule has 0 heterocycles. The highest BCUT2D eigenvalue weighted by Gasteiger charge is 2.36. The highest BCUT2D eigenvalue weighted by Crippen LogP contribution is 2.29. The van der Waals surface area contributed by atoms with Gasteiger partial charge in [-0.1, -0.05) is 44.4 Å². The molecule has 0 fully saturated rings. The van der Waals surface area contributed by atoms with Gasteiger partial charge in [0.1, 0.15) is 0 Å². The van der Waals surface area contributed by atoms with Gasteiger partial charge in [0.25, 0.3) is 0 Å². The van der Waals surface area contributed by atoms with Gasteiger partial charge >= 0.3 is 0 Å². The molecule has 0 aliphatic carbocycles. The van der Waals surface area contributed by atoms with E-state index < -0.39 is 20.6 Å². The summed E-state index contributed by atoms with van der Waals surface area (Å²) in [5, 5.41) is 10.3. The van der Waals surface area contributed by atoms with Crippen LogP contribution in [0.15, 0.2) is 39.6 Å². The van der Waals surface area contributed by atoms with E-state index in [4.69, 9.17) is 0 Å². The maximum absolute atomic E-state index is 13.2. The number of benzene rings is 1. The second-order valence-corrected chi connectivity index (χ2v) is 8.20. The SMILES string of the molecule is CCCCCC(C)(O)C(C)S(=O)(=NC)c1ccccc1. The Morgan fingerprint density at radius 1 is 1.30 bits per heavy atom. The first kappa shape index (κ1) is 17.2. The molecule has 114 valence electrons. The zero-order valence-corrected chi connectivity index (χ0v) is 13.8. The standard InChI is InChI=1S/C16H27NO2S/c1-5-6-10-13-16(3,18)14(2)20(19,17-4)15-11-8-7-9-12-15/h7-9,11-12,14,18H,5-6,10,13H2,1-4H3. The molecule has 0 amide bonds. The molecule has 1 rings (SSSR count). The molecular formula is C16H27NO2S. The summed E-state index contributed by atoms with van der Waals surface area (Å²) >= 11 is 0. The molecule has 0 aliphatic heterocycles. The van der Waals surface area contributed by atoms with Crippen LogP contribution in [0.5, 0.6) is 0 Å². The Morgan fingerprint density at radius 2 is 1.90 bits per heavy atom. The maximum atomic E-state index is 13.2. The first-order valence-electron chi connectivity index (χ1n) is 7.30. The number of hydrogen-bond donors (Lipinski definition) is 1. The topological polar surface area (TPSA) is 49.7 Å². The zero-order valence-electron chi connectivity index (χ0n) is 13.0. The molecule has 0 saturated carbocycles. The first-order valence-corrected chi connectivity index (χ1v) is 8.88. The Labute approximate surface area is 123 Å². The van der Waals surface area contributed by atoms with E-state index in [0.717, 1.165) is 19.3 Å². The fourth-order valence-corrected chi connectivity index (χ4v) is 4.65. The van der Waals surface area contributed by atoms with E-state index in [2.05, 4.69) is 11.3 Å². The molecular weight excluding hydrogens is 270 g/mol. The molecule has 1 aromatic rings.